The first-order valence-electron chi connectivity index (χ1n) is 15.6. The molecule has 0 N–H and O–H groups in total. The highest BCUT2D eigenvalue weighted by molar-refractivity contribution is 5.79. The highest BCUT2D eigenvalue weighted by Gasteiger charge is 2.16. The minimum absolute atomic E-state index is 0.119. The third-order valence-corrected chi connectivity index (χ3v) is 8.15. The third kappa shape index (κ3) is 6.24. The van der Waals surface area contributed by atoms with Crippen LogP contribution < -0.4 is 0 Å². The van der Waals surface area contributed by atoms with Crippen LogP contribution in [0.1, 0.15) is 26.3 Å². The molecule has 2 aromatic heterocycles. The SMILES string of the molecule is CC(C)(C)c1ccc(-c2ccc(-c3nc(-c4ccccc4)nc(-c4cc(-c5ccccc5)cc(-c5ccccn5)c4)n3)cc2)cc1. The summed E-state index contributed by atoms with van der Waals surface area (Å²) < 4.78 is 0. The van der Waals surface area contributed by atoms with Crippen molar-refractivity contribution in [1.82, 2.24) is 19.9 Å². The molecule has 0 radical (unpaired) electrons. The highest BCUT2D eigenvalue weighted by atomic mass is 15.0. The lowest BCUT2D eigenvalue weighted by atomic mass is 9.86. The number of pyridine rings is 1. The van der Waals surface area contributed by atoms with Gasteiger partial charge in [-0.15, -0.1) is 0 Å². The molecule has 0 amide bonds. The first-order valence-corrected chi connectivity index (χ1v) is 15.6. The van der Waals surface area contributed by atoms with E-state index in [0.717, 1.165) is 44.6 Å². The van der Waals surface area contributed by atoms with Crippen molar-refractivity contribution in [2.75, 3.05) is 0 Å². The molecule has 4 heteroatoms. The fraction of sp³-hybridized carbons (Fsp3) is 0.0952. The van der Waals surface area contributed by atoms with E-state index in [2.05, 4.69) is 117 Å². The summed E-state index contributed by atoms with van der Waals surface area (Å²) >= 11 is 0. The van der Waals surface area contributed by atoms with Crippen LogP contribution in [0.3, 0.4) is 0 Å². The Morgan fingerprint density at radius 1 is 0.370 bits per heavy atom. The Bertz CT molecular complexity index is 2020. The molecule has 0 aliphatic heterocycles. The van der Waals surface area contributed by atoms with Crippen LogP contribution in [0.5, 0.6) is 0 Å². The summed E-state index contributed by atoms with van der Waals surface area (Å²) in [5.74, 6) is 1.87. The van der Waals surface area contributed by atoms with E-state index in [1.54, 1.807) is 0 Å². The van der Waals surface area contributed by atoms with Gasteiger partial charge in [-0.25, -0.2) is 15.0 Å². The normalized spacial score (nSPS) is 11.4. The van der Waals surface area contributed by atoms with Crippen LogP contribution in [0.15, 0.2) is 152 Å². The molecule has 7 rings (SSSR count). The second kappa shape index (κ2) is 12.3. The number of nitrogens with zero attached hydrogens (tertiary/aromatic N) is 4. The lowest BCUT2D eigenvalue weighted by molar-refractivity contribution is 0.590. The molecule has 46 heavy (non-hydrogen) atoms. The Labute approximate surface area is 270 Å². The van der Waals surface area contributed by atoms with Crippen molar-refractivity contribution >= 4 is 0 Å². The molecule has 0 aliphatic rings. The van der Waals surface area contributed by atoms with Crippen LogP contribution in [0.25, 0.3) is 67.7 Å². The quantitative estimate of drug-likeness (QED) is 0.192. The molecule has 7 aromatic rings. The van der Waals surface area contributed by atoms with Gasteiger partial charge in [0.15, 0.2) is 17.5 Å². The molecule has 0 fully saturated rings. The topological polar surface area (TPSA) is 51.6 Å². The maximum atomic E-state index is 5.07. The Morgan fingerprint density at radius 2 is 0.804 bits per heavy atom. The van der Waals surface area contributed by atoms with Crippen molar-refractivity contribution in [2.45, 2.75) is 26.2 Å². The minimum Gasteiger partial charge on any atom is -0.256 e. The van der Waals surface area contributed by atoms with Gasteiger partial charge in [0, 0.05) is 28.5 Å². The van der Waals surface area contributed by atoms with Gasteiger partial charge in [-0.05, 0) is 63.6 Å². The molecule has 0 unspecified atom stereocenters. The van der Waals surface area contributed by atoms with E-state index >= 15 is 0 Å². The van der Waals surface area contributed by atoms with Gasteiger partial charge in [0.1, 0.15) is 0 Å². The average Bonchev–Trinajstić information content (AvgIpc) is 3.12. The van der Waals surface area contributed by atoms with E-state index < -0.39 is 0 Å². The van der Waals surface area contributed by atoms with Gasteiger partial charge in [-0.2, -0.15) is 0 Å². The van der Waals surface area contributed by atoms with E-state index in [1.807, 2.05) is 60.8 Å². The molecule has 0 spiro atoms. The number of benzene rings is 5. The van der Waals surface area contributed by atoms with Gasteiger partial charge >= 0.3 is 0 Å². The van der Waals surface area contributed by atoms with E-state index in [9.17, 15) is 0 Å². The maximum absolute atomic E-state index is 5.07. The van der Waals surface area contributed by atoms with Crippen molar-refractivity contribution in [3.05, 3.63) is 157 Å². The average molecular weight is 595 g/mol. The van der Waals surface area contributed by atoms with E-state index in [1.165, 1.54) is 11.1 Å². The van der Waals surface area contributed by atoms with E-state index in [-0.39, 0.29) is 5.41 Å². The van der Waals surface area contributed by atoms with Crippen LogP contribution >= 0.6 is 0 Å². The molecule has 222 valence electrons. The van der Waals surface area contributed by atoms with Gasteiger partial charge in [0.25, 0.3) is 0 Å². The number of hydrogen-bond donors (Lipinski definition) is 0. The molecule has 5 aromatic carbocycles. The second-order valence-corrected chi connectivity index (χ2v) is 12.5. The Kier molecular flexibility index (Phi) is 7.78. The highest BCUT2D eigenvalue weighted by Crippen LogP contribution is 2.33. The van der Waals surface area contributed by atoms with Gasteiger partial charge in [-0.3, -0.25) is 4.98 Å². The Morgan fingerprint density at radius 3 is 1.37 bits per heavy atom. The number of aromatic nitrogens is 4. The van der Waals surface area contributed by atoms with Crippen molar-refractivity contribution in [1.29, 1.82) is 0 Å². The predicted octanol–water partition coefficient (Wildman–Crippen LogP) is 10.6. The summed E-state index contributed by atoms with van der Waals surface area (Å²) in [5, 5.41) is 0. The first kappa shape index (κ1) is 29.0. The Hall–Kier alpha value is -5.74. The van der Waals surface area contributed by atoms with Gasteiger partial charge in [0.2, 0.25) is 0 Å². The molecule has 0 aliphatic carbocycles. The third-order valence-electron chi connectivity index (χ3n) is 8.15. The second-order valence-electron chi connectivity index (χ2n) is 12.5. The predicted molar refractivity (Wildman–Crippen MR) is 189 cm³/mol. The standard InChI is InChI=1S/C42H34N4/c1-42(2,3)37-23-21-31(22-24-37)30-17-19-33(20-18-30)40-44-39(32-14-8-5-9-15-32)45-41(46-40)36-27-34(29-12-6-4-7-13-29)26-35(28-36)38-16-10-11-25-43-38/h4-28H,1-3H3. The summed E-state index contributed by atoms with van der Waals surface area (Å²) in [4.78, 5) is 19.7. The minimum atomic E-state index is 0.119. The van der Waals surface area contributed by atoms with Crippen molar-refractivity contribution in [3.8, 4) is 67.7 Å². The van der Waals surface area contributed by atoms with Crippen molar-refractivity contribution in [2.24, 2.45) is 0 Å². The summed E-state index contributed by atoms with van der Waals surface area (Å²) in [6.07, 6.45) is 1.82. The molecular weight excluding hydrogens is 560 g/mol. The largest absolute Gasteiger partial charge is 0.256 e. The lowest BCUT2D eigenvalue weighted by Gasteiger charge is -2.19. The molecule has 0 saturated heterocycles. The zero-order valence-electron chi connectivity index (χ0n) is 26.2. The molecule has 4 nitrogen and oxygen atoms in total. The summed E-state index contributed by atoms with van der Waals surface area (Å²) in [7, 11) is 0. The molecular formula is C42H34N4. The van der Waals surface area contributed by atoms with Crippen LogP contribution in [0.4, 0.5) is 0 Å². The van der Waals surface area contributed by atoms with Gasteiger partial charge < -0.3 is 0 Å². The fourth-order valence-electron chi connectivity index (χ4n) is 5.56. The van der Waals surface area contributed by atoms with Gasteiger partial charge in [-0.1, -0.05) is 136 Å². The van der Waals surface area contributed by atoms with Crippen LogP contribution in [-0.4, -0.2) is 19.9 Å². The van der Waals surface area contributed by atoms with Crippen LogP contribution in [0.2, 0.25) is 0 Å². The van der Waals surface area contributed by atoms with Crippen LogP contribution in [-0.2, 0) is 5.41 Å². The number of rotatable bonds is 6. The smallest absolute Gasteiger partial charge is 0.164 e. The fourth-order valence-corrected chi connectivity index (χ4v) is 5.56. The van der Waals surface area contributed by atoms with E-state index in [0.29, 0.717) is 17.5 Å². The molecule has 0 bridgehead atoms. The molecule has 0 atom stereocenters. The summed E-state index contributed by atoms with van der Waals surface area (Å²) in [6, 6.07) is 50.2. The van der Waals surface area contributed by atoms with E-state index in [4.69, 9.17) is 15.0 Å². The zero-order chi connectivity index (χ0) is 31.5. The zero-order valence-corrected chi connectivity index (χ0v) is 26.2. The Balaban J connectivity index is 1.34. The maximum Gasteiger partial charge on any atom is 0.164 e. The van der Waals surface area contributed by atoms with Gasteiger partial charge in [0.05, 0.1) is 5.69 Å². The molecule has 2 heterocycles. The van der Waals surface area contributed by atoms with Crippen molar-refractivity contribution < 1.29 is 0 Å². The lowest BCUT2D eigenvalue weighted by Crippen LogP contribution is -2.10. The van der Waals surface area contributed by atoms with Crippen molar-refractivity contribution in [3.63, 3.8) is 0 Å². The number of hydrogen-bond acceptors (Lipinski definition) is 4. The summed E-state index contributed by atoms with van der Waals surface area (Å²) in [6.45, 7) is 6.71. The van der Waals surface area contributed by atoms with Crippen LogP contribution in [0, 0.1) is 0 Å². The summed E-state index contributed by atoms with van der Waals surface area (Å²) in [5.41, 5.74) is 10.6. The monoisotopic (exact) mass is 594 g/mol. The first-order chi connectivity index (χ1) is 22.4. The molecule has 0 saturated carbocycles.